The Morgan fingerprint density at radius 3 is 2.44 bits per heavy atom. The summed E-state index contributed by atoms with van der Waals surface area (Å²) in [7, 11) is 3.25. The van der Waals surface area contributed by atoms with Crippen LogP contribution in [0.5, 0.6) is 17.2 Å². The van der Waals surface area contributed by atoms with Gasteiger partial charge < -0.3 is 19.1 Å². The van der Waals surface area contributed by atoms with E-state index in [1.54, 1.807) is 31.3 Å². The van der Waals surface area contributed by atoms with Crippen molar-refractivity contribution < 1.29 is 19.0 Å². The monoisotopic (exact) mass is 341 g/mol. The Morgan fingerprint density at radius 1 is 1.04 bits per heavy atom. The molecule has 0 radical (unpaired) electrons. The highest BCUT2D eigenvalue weighted by atomic mass is 16.5. The molecule has 0 spiro atoms. The Balaban J connectivity index is 1.76. The molecule has 0 fully saturated rings. The minimum atomic E-state index is -0.0688. The summed E-state index contributed by atoms with van der Waals surface area (Å²) in [6.07, 6.45) is 1.90. The van der Waals surface area contributed by atoms with Gasteiger partial charge in [0.15, 0.2) is 6.61 Å². The van der Waals surface area contributed by atoms with E-state index in [0.29, 0.717) is 12.3 Å². The van der Waals surface area contributed by atoms with E-state index >= 15 is 0 Å². The summed E-state index contributed by atoms with van der Waals surface area (Å²) in [5.74, 6) is 2.06. The van der Waals surface area contributed by atoms with Crippen molar-refractivity contribution in [1.82, 2.24) is 0 Å². The molecule has 132 valence electrons. The Bertz CT molecular complexity index is 755. The minimum Gasteiger partial charge on any atom is -0.497 e. The maximum Gasteiger partial charge on any atom is 0.265 e. The van der Waals surface area contributed by atoms with Crippen molar-refractivity contribution >= 4 is 11.6 Å². The number of aryl methyl sites for hydroxylation is 1. The van der Waals surface area contributed by atoms with Gasteiger partial charge in [-0.3, -0.25) is 4.79 Å². The fourth-order valence-electron chi connectivity index (χ4n) is 3.16. The zero-order valence-electron chi connectivity index (χ0n) is 14.9. The van der Waals surface area contributed by atoms with Crippen LogP contribution in [0.25, 0.3) is 0 Å². The van der Waals surface area contributed by atoms with Crippen molar-refractivity contribution in [3.63, 3.8) is 0 Å². The Morgan fingerprint density at radius 2 is 1.76 bits per heavy atom. The highest BCUT2D eigenvalue weighted by molar-refractivity contribution is 5.97. The second-order valence-electron chi connectivity index (χ2n) is 6.03. The lowest BCUT2D eigenvalue weighted by Gasteiger charge is -2.32. The number of carbonyl (C=O) groups excluding carboxylic acids is 1. The predicted octanol–water partition coefficient (Wildman–Crippen LogP) is 3.37. The van der Waals surface area contributed by atoms with Crippen LogP contribution >= 0.6 is 0 Å². The molecule has 0 N–H and O–H groups in total. The topological polar surface area (TPSA) is 48.0 Å². The van der Waals surface area contributed by atoms with Gasteiger partial charge in [-0.25, -0.2) is 0 Å². The molecule has 2 aromatic carbocycles. The number of hydrogen-bond donors (Lipinski definition) is 0. The van der Waals surface area contributed by atoms with Gasteiger partial charge in [0.05, 0.1) is 19.9 Å². The van der Waals surface area contributed by atoms with Gasteiger partial charge in [-0.2, -0.15) is 0 Å². The van der Waals surface area contributed by atoms with Gasteiger partial charge in [0.2, 0.25) is 0 Å². The van der Waals surface area contributed by atoms with E-state index in [0.717, 1.165) is 30.0 Å². The van der Waals surface area contributed by atoms with E-state index in [1.165, 1.54) is 11.1 Å². The largest absolute Gasteiger partial charge is 0.497 e. The first-order chi connectivity index (χ1) is 12.1. The summed E-state index contributed by atoms with van der Waals surface area (Å²) in [4.78, 5) is 14.5. The van der Waals surface area contributed by atoms with Gasteiger partial charge in [-0.1, -0.05) is 6.07 Å². The molecule has 1 amide bonds. The summed E-state index contributed by atoms with van der Waals surface area (Å²) >= 11 is 0. The number of carbonyl (C=O) groups is 1. The Labute approximate surface area is 148 Å². The fourth-order valence-corrected chi connectivity index (χ4v) is 3.16. The third kappa shape index (κ3) is 3.55. The average molecular weight is 341 g/mol. The summed E-state index contributed by atoms with van der Waals surface area (Å²) in [6.45, 7) is 2.74. The van der Waals surface area contributed by atoms with Crippen LogP contribution in [0.4, 0.5) is 5.69 Å². The predicted molar refractivity (Wildman–Crippen MR) is 96.9 cm³/mol. The molecule has 0 unspecified atom stereocenters. The van der Waals surface area contributed by atoms with Crippen LogP contribution in [0.2, 0.25) is 0 Å². The van der Waals surface area contributed by atoms with Crippen molar-refractivity contribution in [3.8, 4) is 17.2 Å². The number of ether oxygens (including phenoxy) is 3. The number of hydrogen-bond acceptors (Lipinski definition) is 4. The maximum atomic E-state index is 12.8. The zero-order chi connectivity index (χ0) is 17.8. The number of fused-ring (bicyclic) bond motifs is 1. The van der Waals surface area contributed by atoms with Crippen LogP contribution < -0.4 is 19.1 Å². The highest BCUT2D eigenvalue weighted by Gasteiger charge is 2.27. The van der Waals surface area contributed by atoms with Crippen LogP contribution in [-0.4, -0.2) is 33.3 Å². The van der Waals surface area contributed by atoms with Gasteiger partial charge in [0, 0.05) is 6.54 Å². The number of anilines is 1. The van der Waals surface area contributed by atoms with Gasteiger partial charge in [-0.15, -0.1) is 0 Å². The molecule has 3 rings (SSSR count). The SMILES string of the molecule is COc1ccc(OCC(=O)N2CCCc3c(C)ccc(OC)c32)cc1. The lowest BCUT2D eigenvalue weighted by molar-refractivity contribution is -0.120. The van der Waals surface area contributed by atoms with Crippen molar-refractivity contribution in [3.05, 3.63) is 47.5 Å². The van der Waals surface area contributed by atoms with Crippen molar-refractivity contribution in [2.45, 2.75) is 19.8 Å². The van der Waals surface area contributed by atoms with E-state index in [1.807, 2.05) is 24.3 Å². The first kappa shape index (κ1) is 17.1. The highest BCUT2D eigenvalue weighted by Crippen LogP contribution is 2.38. The molecule has 0 saturated heterocycles. The van der Waals surface area contributed by atoms with Crippen LogP contribution in [0.15, 0.2) is 36.4 Å². The summed E-state index contributed by atoms with van der Waals surface area (Å²) < 4.78 is 16.3. The Kier molecular flexibility index (Phi) is 5.12. The molecule has 1 aliphatic heterocycles. The lowest BCUT2D eigenvalue weighted by atomic mass is 9.96. The summed E-state index contributed by atoms with van der Waals surface area (Å²) in [6, 6.07) is 11.2. The molecule has 1 aliphatic rings. The molecule has 0 saturated carbocycles. The summed E-state index contributed by atoms with van der Waals surface area (Å²) in [5.41, 5.74) is 3.25. The van der Waals surface area contributed by atoms with Gasteiger partial charge in [0.1, 0.15) is 17.2 Å². The molecular weight excluding hydrogens is 318 g/mol. The molecule has 25 heavy (non-hydrogen) atoms. The molecule has 0 bridgehead atoms. The first-order valence-electron chi connectivity index (χ1n) is 8.37. The van der Waals surface area contributed by atoms with E-state index in [2.05, 4.69) is 6.92 Å². The minimum absolute atomic E-state index is 0.0110. The number of methoxy groups -OCH3 is 2. The van der Waals surface area contributed by atoms with Crippen LogP contribution in [0.3, 0.4) is 0 Å². The van der Waals surface area contributed by atoms with E-state index in [-0.39, 0.29) is 12.5 Å². The number of rotatable bonds is 5. The molecule has 2 aromatic rings. The first-order valence-corrected chi connectivity index (χ1v) is 8.37. The standard InChI is InChI=1S/C20H23NO4/c1-14-6-11-18(24-3)20-17(14)5-4-12-21(20)19(22)13-25-16-9-7-15(23-2)8-10-16/h6-11H,4-5,12-13H2,1-3H3. The molecule has 0 aliphatic carbocycles. The fraction of sp³-hybridized carbons (Fsp3) is 0.350. The van der Waals surface area contributed by atoms with Crippen molar-refractivity contribution in [1.29, 1.82) is 0 Å². The average Bonchev–Trinajstić information content (AvgIpc) is 2.66. The smallest absolute Gasteiger partial charge is 0.265 e. The molecular formula is C20H23NO4. The van der Waals surface area contributed by atoms with E-state index in [4.69, 9.17) is 14.2 Å². The molecule has 0 atom stereocenters. The second-order valence-corrected chi connectivity index (χ2v) is 6.03. The molecule has 0 aromatic heterocycles. The molecule has 5 heteroatoms. The number of amides is 1. The molecule has 1 heterocycles. The van der Waals surface area contributed by atoms with E-state index < -0.39 is 0 Å². The van der Waals surface area contributed by atoms with Crippen LogP contribution in [0.1, 0.15) is 17.5 Å². The second kappa shape index (κ2) is 7.47. The van der Waals surface area contributed by atoms with Crippen molar-refractivity contribution in [2.24, 2.45) is 0 Å². The normalized spacial score (nSPS) is 13.2. The third-order valence-corrected chi connectivity index (χ3v) is 4.50. The van der Waals surface area contributed by atoms with Crippen LogP contribution in [0, 0.1) is 6.92 Å². The van der Waals surface area contributed by atoms with Crippen LogP contribution in [-0.2, 0) is 11.2 Å². The van der Waals surface area contributed by atoms with Crippen molar-refractivity contribution in [2.75, 3.05) is 32.3 Å². The molecule has 5 nitrogen and oxygen atoms in total. The van der Waals surface area contributed by atoms with Gasteiger partial charge >= 0.3 is 0 Å². The van der Waals surface area contributed by atoms with E-state index in [9.17, 15) is 4.79 Å². The Hall–Kier alpha value is -2.69. The van der Waals surface area contributed by atoms with Gasteiger partial charge in [-0.05, 0) is 61.2 Å². The zero-order valence-corrected chi connectivity index (χ0v) is 14.9. The number of benzene rings is 2. The lowest BCUT2D eigenvalue weighted by Crippen LogP contribution is -2.39. The third-order valence-electron chi connectivity index (χ3n) is 4.50. The van der Waals surface area contributed by atoms with Gasteiger partial charge in [0.25, 0.3) is 5.91 Å². The maximum absolute atomic E-state index is 12.8. The number of nitrogens with zero attached hydrogens (tertiary/aromatic N) is 1. The quantitative estimate of drug-likeness (QED) is 0.837. The summed E-state index contributed by atoms with van der Waals surface area (Å²) in [5, 5.41) is 0.